The minimum Gasteiger partial charge on any atom is -0.332 e. The fourth-order valence-corrected chi connectivity index (χ4v) is 2.50. The van der Waals surface area contributed by atoms with Crippen molar-refractivity contribution in [1.82, 2.24) is 15.0 Å². The van der Waals surface area contributed by atoms with E-state index in [1.54, 1.807) is 6.92 Å². The summed E-state index contributed by atoms with van der Waals surface area (Å²) >= 11 is 5.61. The van der Waals surface area contributed by atoms with E-state index in [1.165, 1.54) is 6.07 Å². The largest absolute Gasteiger partial charge is 0.332 e. The predicted octanol–water partition coefficient (Wildman–Crippen LogP) is 1.48. The molecule has 2 aromatic rings. The van der Waals surface area contributed by atoms with Crippen LogP contribution in [0.2, 0.25) is 5.15 Å². The van der Waals surface area contributed by atoms with E-state index in [1.807, 2.05) is 4.72 Å². The molecule has 11 heteroatoms. The van der Waals surface area contributed by atoms with E-state index in [-0.39, 0.29) is 10.2 Å². The maximum atomic E-state index is 12.0. The van der Waals surface area contributed by atoms with E-state index in [0.717, 1.165) is 12.3 Å². The maximum Gasteiger partial charge on any atom is 0.312 e. The van der Waals surface area contributed by atoms with Crippen molar-refractivity contribution in [3.8, 4) is 0 Å². The molecule has 106 valence electrons. The minimum absolute atomic E-state index is 0.0749. The minimum atomic E-state index is -4.06. The van der Waals surface area contributed by atoms with Crippen molar-refractivity contribution in [1.29, 1.82) is 0 Å². The molecular weight excluding hydrogens is 310 g/mol. The van der Waals surface area contributed by atoms with Gasteiger partial charge in [0, 0.05) is 6.07 Å². The van der Waals surface area contributed by atoms with Gasteiger partial charge in [0.2, 0.25) is 5.82 Å². The predicted molar refractivity (Wildman–Crippen MR) is 70.0 cm³/mol. The third-order valence-electron chi connectivity index (χ3n) is 2.24. The molecule has 20 heavy (non-hydrogen) atoms. The first-order valence-electron chi connectivity index (χ1n) is 5.15. The number of rotatable bonds is 4. The molecule has 9 nitrogen and oxygen atoms in total. The molecule has 0 saturated carbocycles. The van der Waals surface area contributed by atoms with Gasteiger partial charge in [0.15, 0.2) is 5.03 Å². The van der Waals surface area contributed by atoms with E-state index in [0.29, 0.717) is 5.82 Å². The monoisotopic (exact) mass is 317 g/mol. The molecule has 0 aliphatic carbocycles. The van der Waals surface area contributed by atoms with Crippen LogP contribution in [0.25, 0.3) is 0 Å². The molecule has 0 unspecified atom stereocenters. The molecule has 0 atom stereocenters. The lowest BCUT2D eigenvalue weighted by molar-refractivity contribution is -0.384. The Kier molecular flexibility index (Phi) is 3.59. The summed E-state index contributed by atoms with van der Waals surface area (Å²) in [5.41, 5.74) is -0.505. The van der Waals surface area contributed by atoms with Gasteiger partial charge < -0.3 is 4.98 Å². The van der Waals surface area contributed by atoms with Crippen LogP contribution in [0.15, 0.2) is 23.4 Å². The number of nitro groups is 1. The Balaban J connectivity index is 2.44. The van der Waals surface area contributed by atoms with Crippen LogP contribution < -0.4 is 4.72 Å². The third kappa shape index (κ3) is 2.86. The Labute approximate surface area is 118 Å². The summed E-state index contributed by atoms with van der Waals surface area (Å²) in [6.45, 7) is 1.57. The van der Waals surface area contributed by atoms with Crippen molar-refractivity contribution in [2.75, 3.05) is 4.72 Å². The normalized spacial score (nSPS) is 11.3. The Morgan fingerprint density at radius 1 is 1.45 bits per heavy atom. The summed E-state index contributed by atoms with van der Waals surface area (Å²) in [4.78, 5) is 19.9. The lowest BCUT2D eigenvalue weighted by Crippen LogP contribution is -2.15. The van der Waals surface area contributed by atoms with Gasteiger partial charge in [0.1, 0.15) is 11.0 Å². The number of aromatic nitrogens is 3. The Morgan fingerprint density at radius 3 is 2.70 bits per heavy atom. The summed E-state index contributed by atoms with van der Waals surface area (Å²) in [6.07, 6.45) is 1.09. The average molecular weight is 318 g/mol. The van der Waals surface area contributed by atoms with Gasteiger partial charge in [0.05, 0.1) is 11.1 Å². The summed E-state index contributed by atoms with van der Waals surface area (Å²) in [6, 6.07) is 2.25. The van der Waals surface area contributed by atoms with Gasteiger partial charge in [-0.25, -0.2) is 9.97 Å². The number of pyridine rings is 1. The van der Waals surface area contributed by atoms with Gasteiger partial charge in [0.25, 0.3) is 10.0 Å². The van der Waals surface area contributed by atoms with Gasteiger partial charge in [-0.1, -0.05) is 11.6 Å². The van der Waals surface area contributed by atoms with E-state index in [9.17, 15) is 18.5 Å². The van der Waals surface area contributed by atoms with Crippen LogP contribution in [0, 0.1) is 17.0 Å². The Morgan fingerprint density at radius 2 is 2.15 bits per heavy atom. The quantitative estimate of drug-likeness (QED) is 0.498. The van der Waals surface area contributed by atoms with Crippen molar-refractivity contribution in [3.05, 3.63) is 39.4 Å². The van der Waals surface area contributed by atoms with Crippen molar-refractivity contribution in [2.24, 2.45) is 0 Å². The number of sulfonamides is 1. The first-order chi connectivity index (χ1) is 9.29. The first kappa shape index (κ1) is 14.2. The third-order valence-corrected chi connectivity index (χ3v) is 3.70. The van der Waals surface area contributed by atoms with Crippen LogP contribution in [-0.4, -0.2) is 28.3 Å². The molecule has 0 fully saturated rings. The van der Waals surface area contributed by atoms with Crippen LogP contribution >= 0.6 is 11.6 Å². The summed E-state index contributed by atoms with van der Waals surface area (Å²) in [7, 11) is -4.06. The van der Waals surface area contributed by atoms with Crippen molar-refractivity contribution in [3.63, 3.8) is 0 Å². The molecule has 2 heterocycles. The van der Waals surface area contributed by atoms with Gasteiger partial charge in [-0.15, -0.1) is 0 Å². The molecule has 0 aromatic carbocycles. The summed E-state index contributed by atoms with van der Waals surface area (Å²) in [5.74, 6) is -0.0753. The van der Waals surface area contributed by atoms with Gasteiger partial charge in [-0.2, -0.15) is 8.42 Å². The molecule has 2 N–H and O–H groups in total. The zero-order valence-electron chi connectivity index (χ0n) is 9.99. The molecular formula is C9H8ClN5O4S. The van der Waals surface area contributed by atoms with Crippen LogP contribution in [-0.2, 0) is 10.0 Å². The zero-order valence-corrected chi connectivity index (χ0v) is 11.6. The molecule has 2 rings (SSSR count). The van der Waals surface area contributed by atoms with Crippen molar-refractivity contribution >= 4 is 33.1 Å². The number of aromatic amines is 1. The van der Waals surface area contributed by atoms with E-state index in [4.69, 9.17) is 11.6 Å². The van der Waals surface area contributed by atoms with Gasteiger partial charge in [-0.3, -0.25) is 14.8 Å². The number of nitrogens with zero attached hydrogens (tertiary/aromatic N) is 3. The number of H-pyrrole nitrogens is 1. The highest BCUT2D eigenvalue weighted by molar-refractivity contribution is 7.92. The van der Waals surface area contributed by atoms with E-state index < -0.39 is 26.5 Å². The SMILES string of the molecule is Cc1ncc(S(=O)(=O)Nc2nc(Cl)ccc2[N+](=O)[O-])[nH]1. The number of hydrogen-bond donors (Lipinski definition) is 2. The number of imidazole rings is 1. The highest BCUT2D eigenvalue weighted by Gasteiger charge is 2.23. The molecule has 0 amide bonds. The number of nitrogens with one attached hydrogen (secondary N) is 2. The summed E-state index contributed by atoms with van der Waals surface area (Å²) in [5, 5.41) is 10.5. The highest BCUT2D eigenvalue weighted by atomic mass is 35.5. The van der Waals surface area contributed by atoms with Crippen molar-refractivity contribution < 1.29 is 13.3 Å². The molecule has 2 aromatic heterocycles. The fourth-order valence-electron chi connectivity index (χ4n) is 1.37. The number of hydrogen-bond acceptors (Lipinski definition) is 6. The smallest absolute Gasteiger partial charge is 0.312 e. The second-order valence-corrected chi connectivity index (χ2v) is 5.74. The van der Waals surface area contributed by atoms with Gasteiger partial charge >= 0.3 is 5.69 Å². The number of halogens is 1. The van der Waals surface area contributed by atoms with E-state index >= 15 is 0 Å². The lowest BCUT2D eigenvalue weighted by atomic mass is 10.4. The Bertz CT molecular complexity index is 772. The van der Waals surface area contributed by atoms with Gasteiger partial charge in [-0.05, 0) is 13.0 Å². The van der Waals surface area contributed by atoms with E-state index in [2.05, 4.69) is 15.0 Å². The molecule has 0 saturated heterocycles. The lowest BCUT2D eigenvalue weighted by Gasteiger charge is -2.06. The van der Waals surface area contributed by atoms with Crippen LogP contribution in [0.5, 0.6) is 0 Å². The molecule has 0 spiro atoms. The summed E-state index contributed by atoms with van der Waals surface area (Å²) < 4.78 is 26.0. The standard InChI is InChI=1S/C9H8ClN5O4S/c1-5-11-4-8(12-5)20(18,19)14-9-6(15(16)17)2-3-7(10)13-9/h2-4H,1H3,(H,11,12)(H,13,14). The highest BCUT2D eigenvalue weighted by Crippen LogP contribution is 2.26. The zero-order chi connectivity index (χ0) is 14.9. The second kappa shape index (κ2) is 5.06. The second-order valence-electron chi connectivity index (χ2n) is 3.70. The van der Waals surface area contributed by atoms with Crippen LogP contribution in [0.3, 0.4) is 0 Å². The molecule has 0 radical (unpaired) electrons. The fraction of sp³-hybridized carbons (Fsp3) is 0.111. The van der Waals surface area contributed by atoms with Crippen LogP contribution in [0.1, 0.15) is 5.82 Å². The molecule has 0 aliphatic heterocycles. The Hall–Kier alpha value is -2.20. The topological polar surface area (TPSA) is 131 Å². The average Bonchev–Trinajstić information content (AvgIpc) is 2.75. The maximum absolute atomic E-state index is 12.0. The molecule has 0 bridgehead atoms. The van der Waals surface area contributed by atoms with Crippen molar-refractivity contribution in [2.45, 2.75) is 11.9 Å². The number of aryl methyl sites for hydroxylation is 1. The number of anilines is 1. The first-order valence-corrected chi connectivity index (χ1v) is 7.01. The van der Waals surface area contributed by atoms with Crippen LogP contribution in [0.4, 0.5) is 11.5 Å². The molecule has 0 aliphatic rings.